The molecule has 0 aliphatic carbocycles. The summed E-state index contributed by atoms with van der Waals surface area (Å²) in [6.45, 7) is 0.00993. The molecule has 1 fully saturated rings. The zero-order valence-electron chi connectivity index (χ0n) is 11.2. The van der Waals surface area contributed by atoms with Gasteiger partial charge in [-0.1, -0.05) is 18.2 Å². The summed E-state index contributed by atoms with van der Waals surface area (Å²) in [5, 5.41) is 28.4. The number of benzene rings is 1. The molecule has 1 aromatic carbocycles. The predicted octanol–water partition coefficient (Wildman–Crippen LogP) is -0.340. The number of amides is 2. The van der Waals surface area contributed by atoms with Crippen molar-refractivity contribution in [3.63, 3.8) is 0 Å². The number of carbonyl (C=O) groups excluding carboxylic acids is 1. The first kappa shape index (κ1) is 13.8. The number of aliphatic hydroxyl groups is 2. The van der Waals surface area contributed by atoms with Crippen LogP contribution in [0.5, 0.6) is 0 Å². The molecule has 2 aliphatic heterocycles. The minimum absolute atomic E-state index is 0.00497. The lowest BCUT2D eigenvalue weighted by Gasteiger charge is -2.27. The van der Waals surface area contributed by atoms with Crippen molar-refractivity contribution in [3.8, 4) is 0 Å². The molecule has 2 amide bonds. The highest BCUT2D eigenvalue weighted by molar-refractivity contribution is 6.01. The van der Waals surface area contributed by atoms with Gasteiger partial charge in [0.25, 0.3) is 0 Å². The zero-order chi connectivity index (χ0) is 15.1. The zero-order valence-corrected chi connectivity index (χ0v) is 11.2. The minimum atomic E-state index is -1.07. The van der Waals surface area contributed by atoms with E-state index in [1.165, 1.54) is 9.80 Å². The van der Waals surface area contributed by atoms with Crippen molar-refractivity contribution in [2.45, 2.75) is 24.7 Å². The van der Waals surface area contributed by atoms with Crippen molar-refractivity contribution < 1.29 is 24.9 Å². The van der Waals surface area contributed by atoms with Crippen molar-refractivity contribution in [2.75, 3.05) is 18.0 Å². The topological polar surface area (TPSA) is 101 Å². The quantitative estimate of drug-likeness (QED) is 0.657. The molecule has 3 rings (SSSR count). The third-order valence-electron chi connectivity index (χ3n) is 4.00. The van der Waals surface area contributed by atoms with Gasteiger partial charge < -0.3 is 20.2 Å². The highest BCUT2D eigenvalue weighted by atomic mass is 16.4. The number of β-amino-alcohol motifs (C(OH)–C–C–N with tert-alkyl or cyclic N) is 2. The van der Waals surface area contributed by atoms with E-state index in [0.717, 1.165) is 5.56 Å². The van der Waals surface area contributed by atoms with Gasteiger partial charge in [-0.25, -0.2) is 9.59 Å². The van der Waals surface area contributed by atoms with E-state index in [9.17, 15) is 24.9 Å². The van der Waals surface area contributed by atoms with E-state index >= 15 is 0 Å². The molecule has 2 unspecified atom stereocenters. The van der Waals surface area contributed by atoms with Crippen molar-refractivity contribution in [1.82, 2.24) is 4.90 Å². The van der Waals surface area contributed by atoms with Gasteiger partial charge in [-0.15, -0.1) is 0 Å². The van der Waals surface area contributed by atoms with Gasteiger partial charge >= 0.3 is 12.0 Å². The van der Waals surface area contributed by atoms with E-state index in [2.05, 4.69) is 0 Å². The van der Waals surface area contributed by atoms with Gasteiger partial charge in [-0.3, -0.25) is 4.90 Å². The fourth-order valence-corrected chi connectivity index (χ4v) is 2.90. The molecule has 0 saturated carbocycles. The van der Waals surface area contributed by atoms with Gasteiger partial charge in [0, 0.05) is 12.1 Å². The number of nitrogens with zero attached hydrogens (tertiary/aromatic N) is 2. The number of anilines is 1. The van der Waals surface area contributed by atoms with Crippen LogP contribution in [0.1, 0.15) is 5.56 Å². The number of aliphatic hydroxyl groups excluding tert-OH is 2. The number of carbonyl (C=O) groups is 2. The number of carboxylic acid groups (broad SMARTS) is 1. The summed E-state index contributed by atoms with van der Waals surface area (Å²) in [4.78, 5) is 26.5. The van der Waals surface area contributed by atoms with Crippen LogP contribution in [0, 0.1) is 0 Å². The Morgan fingerprint density at radius 3 is 2.33 bits per heavy atom. The van der Waals surface area contributed by atoms with Crippen LogP contribution in [0.2, 0.25) is 0 Å². The van der Waals surface area contributed by atoms with Gasteiger partial charge in [0.1, 0.15) is 6.04 Å². The molecule has 0 bridgehead atoms. The van der Waals surface area contributed by atoms with E-state index in [1.807, 2.05) is 0 Å². The average Bonchev–Trinajstić information content (AvgIpc) is 2.99. The summed E-state index contributed by atoms with van der Waals surface area (Å²) in [6.07, 6.45) is -1.72. The standard InChI is InChI=1S/C14H16N2O5/c17-11-6-15(7-12(11)18)14(21)16-9-4-2-1-3-8(9)5-10(16)13(19)20/h1-4,10-12,17-18H,5-7H2,(H,19,20)/t10-,11?,12?/m0/s1. The molecule has 21 heavy (non-hydrogen) atoms. The molecule has 1 aromatic rings. The maximum absolute atomic E-state index is 12.6. The predicted molar refractivity (Wildman–Crippen MR) is 73.0 cm³/mol. The Bertz CT molecular complexity index is 580. The molecule has 7 heteroatoms. The van der Waals surface area contributed by atoms with Crippen molar-refractivity contribution in [3.05, 3.63) is 29.8 Å². The number of para-hydroxylation sites is 1. The second-order valence-electron chi connectivity index (χ2n) is 5.38. The Hall–Kier alpha value is -2.12. The summed E-state index contributed by atoms with van der Waals surface area (Å²) in [7, 11) is 0. The molecular weight excluding hydrogens is 276 g/mol. The van der Waals surface area contributed by atoms with Crippen molar-refractivity contribution >= 4 is 17.7 Å². The van der Waals surface area contributed by atoms with Crippen LogP contribution in [0.3, 0.4) is 0 Å². The van der Waals surface area contributed by atoms with Gasteiger partial charge in [0.05, 0.1) is 25.3 Å². The smallest absolute Gasteiger partial charge is 0.327 e. The molecular formula is C14H16N2O5. The van der Waals surface area contributed by atoms with Gasteiger partial charge in [0.15, 0.2) is 0 Å². The maximum Gasteiger partial charge on any atom is 0.327 e. The number of likely N-dealkylation sites (tertiary alicyclic amines) is 1. The fourth-order valence-electron chi connectivity index (χ4n) is 2.90. The molecule has 7 nitrogen and oxygen atoms in total. The van der Waals surface area contributed by atoms with Crippen molar-refractivity contribution in [2.24, 2.45) is 0 Å². The van der Waals surface area contributed by atoms with Crippen LogP contribution in [0.4, 0.5) is 10.5 Å². The van der Waals surface area contributed by atoms with E-state index in [0.29, 0.717) is 5.69 Å². The first-order valence-electron chi connectivity index (χ1n) is 6.74. The lowest BCUT2D eigenvalue weighted by Crippen LogP contribution is -2.49. The minimum Gasteiger partial charge on any atom is -0.480 e. The number of hydrogen-bond donors (Lipinski definition) is 3. The number of rotatable bonds is 1. The molecule has 3 atom stereocenters. The molecule has 2 heterocycles. The van der Waals surface area contributed by atoms with E-state index < -0.39 is 30.3 Å². The summed E-state index contributed by atoms with van der Waals surface area (Å²) in [5.74, 6) is -1.07. The molecule has 3 N–H and O–H groups in total. The number of urea groups is 1. The Morgan fingerprint density at radius 2 is 1.71 bits per heavy atom. The number of carboxylic acids is 1. The summed E-state index contributed by atoms with van der Waals surface area (Å²) >= 11 is 0. The van der Waals surface area contributed by atoms with Gasteiger partial charge in [-0.2, -0.15) is 0 Å². The number of fused-ring (bicyclic) bond motifs is 1. The first-order valence-corrected chi connectivity index (χ1v) is 6.74. The Labute approximate surface area is 121 Å². The largest absolute Gasteiger partial charge is 0.480 e. The van der Waals surface area contributed by atoms with Gasteiger partial charge in [-0.05, 0) is 11.6 Å². The van der Waals surface area contributed by atoms with E-state index in [1.54, 1.807) is 24.3 Å². The van der Waals surface area contributed by atoms with Crippen LogP contribution in [-0.2, 0) is 11.2 Å². The first-order chi connectivity index (χ1) is 9.99. The number of hydrogen-bond acceptors (Lipinski definition) is 4. The summed E-state index contributed by atoms with van der Waals surface area (Å²) in [5.41, 5.74) is 1.38. The third kappa shape index (κ3) is 2.24. The number of aliphatic carboxylic acids is 1. The average molecular weight is 292 g/mol. The molecule has 2 aliphatic rings. The maximum atomic E-state index is 12.6. The van der Waals surface area contributed by atoms with E-state index in [-0.39, 0.29) is 19.5 Å². The second-order valence-corrected chi connectivity index (χ2v) is 5.38. The second kappa shape index (κ2) is 5.01. The van der Waals surface area contributed by atoms with Gasteiger partial charge in [0.2, 0.25) is 0 Å². The molecule has 112 valence electrons. The lowest BCUT2D eigenvalue weighted by molar-refractivity contribution is -0.138. The normalized spacial score (nSPS) is 27.8. The molecule has 1 saturated heterocycles. The Balaban J connectivity index is 1.91. The molecule has 0 aromatic heterocycles. The molecule has 0 radical (unpaired) electrons. The SMILES string of the molecule is O=C(O)[C@@H]1Cc2ccccc2N1C(=O)N1CC(O)C(O)C1. The van der Waals surface area contributed by atoms with Crippen LogP contribution in [-0.4, -0.2) is 63.6 Å². The third-order valence-corrected chi connectivity index (χ3v) is 4.00. The van der Waals surface area contributed by atoms with Crippen molar-refractivity contribution in [1.29, 1.82) is 0 Å². The van der Waals surface area contributed by atoms with Crippen LogP contribution >= 0.6 is 0 Å². The highest BCUT2D eigenvalue weighted by Crippen LogP contribution is 2.33. The fraction of sp³-hybridized carbons (Fsp3) is 0.429. The van der Waals surface area contributed by atoms with Crippen LogP contribution in [0.25, 0.3) is 0 Å². The Morgan fingerprint density at radius 1 is 1.10 bits per heavy atom. The summed E-state index contributed by atoms with van der Waals surface area (Å²) < 4.78 is 0. The monoisotopic (exact) mass is 292 g/mol. The summed E-state index contributed by atoms with van der Waals surface area (Å²) in [6, 6.07) is 5.60. The van der Waals surface area contributed by atoms with E-state index in [4.69, 9.17) is 0 Å². The Kier molecular flexibility index (Phi) is 3.30. The lowest BCUT2D eigenvalue weighted by atomic mass is 10.1. The van der Waals surface area contributed by atoms with Crippen LogP contribution < -0.4 is 4.90 Å². The highest BCUT2D eigenvalue weighted by Gasteiger charge is 2.43. The molecule has 0 spiro atoms. The van der Waals surface area contributed by atoms with Crippen LogP contribution in [0.15, 0.2) is 24.3 Å².